The van der Waals surface area contributed by atoms with Crippen LogP contribution < -0.4 is 10.5 Å². The average Bonchev–Trinajstić information content (AvgIpc) is 2.43. The molecule has 112 valence electrons. The minimum Gasteiger partial charge on any atom is -0.497 e. The topological polar surface area (TPSA) is 35.2 Å². The Balaban J connectivity index is 2.32. The number of aryl methyl sites for hydroxylation is 3. The summed E-state index contributed by atoms with van der Waals surface area (Å²) in [5.74, 6) is 0.834. The molecule has 0 spiro atoms. The molecule has 2 aromatic carbocycles. The fraction of sp³-hybridized carbons (Fsp3) is 0.333. The van der Waals surface area contributed by atoms with Crippen molar-refractivity contribution in [3.8, 4) is 5.75 Å². The number of hydrogen-bond acceptors (Lipinski definition) is 2. The van der Waals surface area contributed by atoms with E-state index in [4.69, 9.17) is 10.5 Å². The lowest BCUT2D eigenvalue weighted by Gasteiger charge is -2.18. The maximum absolute atomic E-state index is 6.44. The van der Waals surface area contributed by atoms with Crippen molar-refractivity contribution in [3.63, 3.8) is 0 Å². The van der Waals surface area contributed by atoms with Gasteiger partial charge in [-0.3, -0.25) is 0 Å². The highest BCUT2D eigenvalue weighted by Crippen LogP contribution is 2.30. The van der Waals surface area contributed by atoms with E-state index in [0.29, 0.717) is 0 Å². The lowest BCUT2D eigenvalue weighted by Crippen LogP contribution is -2.15. The van der Waals surface area contributed by atoms with E-state index in [0.717, 1.165) is 22.2 Å². The maximum Gasteiger partial charge on any atom is 0.119 e. The number of hydrogen-bond donors (Lipinski definition) is 1. The largest absolute Gasteiger partial charge is 0.497 e. The lowest BCUT2D eigenvalue weighted by atomic mass is 9.92. The van der Waals surface area contributed by atoms with Crippen LogP contribution in [0.3, 0.4) is 0 Å². The summed E-state index contributed by atoms with van der Waals surface area (Å²) in [6.07, 6.45) is 0.823. The fourth-order valence-electron chi connectivity index (χ4n) is 2.79. The molecule has 0 aliphatic rings. The molecule has 1 unspecified atom stereocenters. The molecule has 21 heavy (non-hydrogen) atoms. The van der Waals surface area contributed by atoms with E-state index in [2.05, 4.69) is 48.8 Å². The summed E-state index contributed by atoms with van der Waals surface area (Å²) in [6, 6.07) is 10.3. The van der Waals surface area contributed by atoms with E-state index in [1.54, 1.807) is 7.11 Å². The lowest BCUT2D eigenvalue weighted by molar-refractivity contribution is 0.413. The van der Waals surface area contributed by atoms with E-state index in [9.17, 15) is 0 Å². The second kappa shape index (κ2) is 6.63. The zero-order valence-electron chi connectivity index (χ0n) is 13.0. The molecule has 0 aliphatic carbocycles. The molecule has 0 bridgehead atoms. The smallest absolute Gasteiger partial charge is 0.119 e. The Labute approximate surface area is 135 Å². The molecule has 1 atom stereocenters. The van der Waals surface area contributed by atoms with E-state index < -0.39 is 0 Å². The molecule has 0 saturated carbocycles. The highest BCUT2D eigenvalue weighted by Gasteiger charge is 2.14. The number of halogens is 1. The van der Waals surface area contributed by atoms with Gasteiger partial charge in [-0.15, -0.1) is 0 Å². The van der Waals surface area contributed by atoms with Gasteiger partial charge in [-0.05, 0) is 67.6 Å². The van der Waals surface area contributed by atoms with Crippen molar-refractivity contribution < 1.29 is 4.74 Å². The minimum atomic E-state index is -0.0606. The van der Waals surface area contributed by atoms with Gasteiger partial charge in [-0.25, -0.2) is 0 Å². The van der Waals surface area contributed by atoms with E-state index in [1.165, 1.54) is 22.3 Å². The Kier molecular flexibility index (Phi) is 5.07. The van der Waals surface area contributed by atoms with E-state index >= 15 is 0 Å². The second-order valence-corrected chi connectivity index (χ2v) is 6.43. The monoisotopic (exact) mass is 347 g/mol. The van der Waals surface area contributed by atoms with Gasteiger partial charge in [0.1, 0.15) is 5.75 Å². The van der Waals surface area contributed by atoms with Crippen molar-refractivity contribution in [1.82, 2.24) is 0 Å². The molecule has 0 aliphatic heterocycles. The normalized spacial score (nSPS) is 12.3. The molecule has 0 fully saturated rings. The van der Waals surface area contributed by atoms with E-state index in [1.807, 2.05) is 18.2 Å². The average molecular weight is 348 g/mol. The number of rotatable bonds is 4. The third kappa shape index (κ3) is 3.66. The predicted octanol–water partition coefficient (Wildman–Crippen LogP) is 4.63. The first-order chi connectivity index (χ1) is 9.92. The molecule has 0 aromatic heterocycles. The van der Waals surface area contributed by atoms with Crippen LogP contribution in [0.1, 0.15) is 33.9 Å². The Morgan fingerprint density at radius 3 is 2.29 bits per heavy atom. The summed E-state index contributed by atoms with van der Waals surface area (Å²) in [4.78, 5) is 0. The van der Waals surface area contributed by atoms with Crippen LogP contribution in [-0.2, 0) is 6.42 Å². The van der Waals surface area contributed by atoms with Gasteiger partial charge in [0.05, 0.1) is 7.11 Å². The SMILES string of the molecule is COc1ccc(Br)c(C(N)Cc2c(C)cc(C)cc2C)c1. The van der Waals surface area contributed by atoms with Crippen molar-refractivity contribution in [3.05, 3.63) is 62.6 Å². The van der Waals surface area contributed by atoms with Gasteiger partial charge < -0.3 is 10.5 Å². The van der Waals surface area contributed by atoms with Crippen LogP contribution in [-0.4, -0.2) is 7.11 Å². The van der Waals surface area contributed by atoms with Crippen molar-refractivity contribution in [2.24, 2.45) is 5.73 Å². The first kappa shape index (κ1) is 16.1. The molecule has 2 rings (SSSR count). The standard InChI is InChI=1S/C18H22BrNO/c1-11-7-12(2)15(13(3)8-11)10-18(20)16-9-14(21-4)5-6-17(16)19/h5-9,18H,10,20H2,1-4H3. The zero-order chi connectivity index (χ0) is 15.6. The Morgan fingerprint density at radius 2 is 1.71 bits per heavy atom. The van der Waals surface area contributed by atoms with Gasteiger partial charge in [0.15, 0.2) is 0 Å². The Bertz CT molecular complexity index is 629. The van der Waals surface area contributed by atoms with Crippen LogP contribution >= 0.6 is 15.9 Å². The van der Waals surface area contributed by atoms with Crippen LogP contribution in [0.4, 0.5) is 0 Å². The molecule has 0 amide bonds. The quantitative estimate of drug-likeness (QED) is 0.875. The molecule has 2 nitrogen and oxygen atoms in total. The first-order valence-corrected chi connectivity index (χ1v) is 7.87. The molecule has 0 heterocycles. The maximum atomic E-state index is 6.44. The number of benzene rings is 2. The third-order valence-electron chi connectivity index (χ3n) is 3.87. The van der Waals surface area contributed by atoms with Crippen molar-refractivity contribution in [2.75, 3.05) is 7.11 Å². The summed E-state index contributed by atoms with van der Waals surface area (Å²) in [6.45, 7) is 6.44. The number of ether oxygens (including phenoxy) is 1. The highest BCUT2D eigenvalue weighted by molar-refractivity contribution is 9.10. The van der Waals surface area contributed by atoms with Gasteiger partial charge in [0, 0.05) is 10.5 Å². The highest BCUT2D eigenvalue weighted by atomic mass is 79.9. The second-order valence-electron chi connectivity index (χ2n) is 5.58. The molecule has 3 heteroatoms. The molecule has 0 radical (unpaired) electrons. The summed E-state index contributed by atoms with van der Waals surface area (Å²) < 4.78 is 6.32. The summed E-state index contributed by atoms with van der Waals surface area (Å²) in [5, 5.41) is 0. The van der Waals surface area contributed by atoms with Crippen LogP contribution in [0.15, 0.2) is 34.8 Å². The summed E-state index contributed by atoms with van der Waals surface area (Å²) in [7, 11) is 1.67. The van der Waals surface area contributed by atoms with Crippen molar-refractivity contribution in [1.29, 1.82) is 0 Å². The van der Waals surface area contributed by atoms with Gasteiger partial charge >= 0.3 is 0 Å². The van der Waals surface area contributed by atoms with Crippen LogP contribution in [0.2, 0.25) is 0 Å². The Hall–Kier alpha value is -1.32. The molecular weight excluding hydrogens is 326 g/mol. The third-order valence-corrected chi connectivity index (χ3v) is 4.59. The van der Waals surface area contributed by atoms with Crippen LogP contribution in [0.5, 0.6) is 5.75 Å². The molecule has 2 N–H and O–H groups in total. The fourth-order valence-corrected chi connectivity index (χ4v) is 3.34. The van der Waals surface area contributed by atoms with Crippen LogP contribution in [0.25, 0.3) is 0 Å². The van der Waals surface area contributed by atoms with Crippen molar-refractivity contribution in [2.45, 2.75) is 33.2 Å². The molecular formula is C18H22BrNO. The van der Waals surface area contributed by atoms with Gasteiger partial charge in [0.2, 0.25) is 0 Å². The van der Waals surface area contributed by atoms with Gasteiger partial charge in [-0.1, -0.05) is 33.6 Å². The van der Waals surface area contributed by atoms with Crippen LogP contribution in [0, 0.1) is 20.8 Å². The van der Waals surface area contributed by atoms with Gasteiger partial charge in [0.25, 0.3) is 0 Å². The van der Waals surface area contributed by atoms with E-state index in [-0.39, 0.29) is 6.04 Å². The molecule has 2 aromatic rings. The van der Waals surface area contributed by atoms with Gasteiger partial charge in [-0.2, -0.15) is 0 Å². The molecule has 0 saturated heterocycles. The Morgan fingerprint density at radius 1 is 1.10 bits per heavy atom. The first-order valence-electron chi connectivity index (χ1n) is 7.08. The van der Waals surface area contributed by atoms with Crippen molar-refractivity contribution >= 4 is 15.9 Å². The summed E-state index contributed by atoms with van der Waals surface area (Å²) >= 11 is 3.59. The predicted molar refractivity (Wildman–Crippen MR) is 92.0 cm³/mol. The minimum absolute atomic E-state index is 0.0606. The summed E-state index contributed by atoms with van der Waals surface area (Å²) in [5.41, 5.74) is 12.8. The zero-order valence-corrected chi connectivity index (χ0v) is 14.6. The number of methoxy groups -OCH3 is 1. The number of nitrogens with two attached hydrogens (primary N) is 1.